The zero-order valence-electron chi connectivity index (χ0n) is 17.1. The predicted molar refractivity (Wildman–Crippen MR) is 112 cm³/mol. The number of aromatic amines is 1. The quantitative estimate of drug-likeness (QED) is 0.685. The van der Waals surface area contributed by atoms with Gasteiger partial charge in [0, 0.05) is 25.7 Å². The van der Waals surface area contributed by atoms with Crippen molar-refractivity contribution in [2.75, 3.05) is 32.8 Å². The van der Waals surface area contributed by atoms with Crippen molar-refractivity contribution in [3.05, 3.63) is 45.0 Å². The molecule has 0 radical (unpaired) electrons. The number of nitrogens with one attached hydrogen (secondary N) is 2. The number of hydrogen-bond acceptors (Lipinski definition) is 5. The normalized spacial score (nSPS) is 16.2. The maximum absolute atomic E-state index is 12.6. The molecule has 1 aliphatic heterocycles. The summed E-state index contributed by atoms with van der Waals surface area (Å²) in [5.41, 5.74) is -0.753. The molecule has 1 atom stereocenters. The highest BCUT2D eigenvalue weighted by atomic mass is 16.5. The smallest absolute Gasteiger partial charge is 0.273 e. The maximum atomic E-state index is 12.6. The molecule has 1 aromatic heterocycles. The number of ether oxygens (including phenoxy) is 1. The highest BCUT2D eigenvalue weighted by molar-refractivity contribution is 5.81. The minimum atomic E-state index is -0.378. The number of hydrogen-bond donors (Lipinski definition) is 2. The molecular formula is C21H30N4O4. The van der Waals surface area contributed by atoms with Crippen LogP contribution in [0.2, 0.25) is 0 Å². The van der Waals surface area contributed by atoms with Gasteiger partial charge >= 0.3 is 0 Å². The number of aromatic nitrogens is 2. The van der Waals surface area contributed by atoms with Gasteiger partial charge in [-0.2, -0.15) is 0 Å². The van der Waals surface area contributed by atoms with E-state index >= 15 is 0 Å². The van der Waals surface area contributed by atoms with Gasteiger partial charge in [-0.25, -0.2) is 4.68 Å². The summed E-state index contributed by atoms with van der Waals surface area (Å²) in [6.45, 7) is 7.76. The summed E-state index contributed by atoms with van der Waals surface area (Å²) < 4.78 is 6.54. The number of fused-ring (bicyclic) bond motifs is 1. The zero-order valence-corrected chi connectivity index (χ0v) is 17.1. The largest absolute Gasteiger partial charge is 0.379 e. The van der Waals surface area contributed by atoms with E-state index in [2.05, 4.69) is 29.2 Å². The molecule has 1 saturated heterocycles. The molecule has 1 aromatic carbocycles. The van der Waals surface area contributed by atoms with Crippen LogP contribution in [0.15, 0.2) is 33.9 Å². The molecule has 8 nitrogen and oxygen atoms in total. The summed E-state index contributed by atoms with van der Waals surface area (Å²) in [5, 5.41) is 6.12. The van der Waals surface area contributed by atoms with E-state index in [0.717, 1.165) is 30.6 Å². The summed E-state index contributed by atoms with van der Waals surface area (Å²) >= 11 is 0. The van der Waals surface area contributed by atoms with Gasteiger partial charge in [0.1, 0.15) is 6.54 Å². The lowest BCUT2D eigenvalue weighted by Gasteiger charge is -2.38. The molecule has 1 amide bonds. The third-order valence-corrected chi connectivity index (χ3v) is 5.80. The third kappa shape index (κ3) is 4.94. The van der Waals surface area contributed by atoms with Crippen LogP contribution in [0.4, 0.5) is 0 Å². The van der Waals surface area contributed by atoms with Gasteiger partial charge < -0.3 is 10.1 Å². The summed E-state index contributed by atoms with van der Waals surface area (Å²) in [4.78, 5) is 39.7. The first-order valence-corrected chi connectivity index (χ1v) is 10.4. The fourth-order valence-electron chi connectivity index (χ4n) is 4.11. The van der Waals surface area contributed by atoms with Gasteiger partial charge in [0.25, 0.3) is 11.1 Å². The molecule has 2 N–H and O–H groups in total. The first kappa shape index (κ1) is 21.3. The molecule has 1 unspecified atom stereocenters. The Morgan fingerprint density at radius 1 is 1.14 bits per heavy atom. The molecular weight excluding hydrogens is 372 g/mol. The van der Waals surface area contributed by atoms with E-state index in [4.69, 9.17) is 4.74 Å². The average Bonchev–Trinajstić information content (AvgIpc) is 2.75. The van der Waals surface area contributed by atoms with E-state index in [1.165, 1.54) is 0 Å². The molecule has 2 aromatic rings. The fourth-order valence-corrected chi connectivity index (χ4v) is 4.11. The minimum Gasteiger partial charge on any atom is -0.379 e. The first-order chi connectivity index (χ1) is 14.0. The van der Waals surface area contributed by atoms with Crippen LogP contribution in [-0.4, -0.2) is 59.5 Å². The van der Waals surface area contributed by atoms with Crippen molar-refractivity contribution in [2.24, 2.45) is 5.92 Å². The number of carbonyl (C=O) groups excluding carboxylic acids is 1. The molecule has 29 heavy (non-hydrogen) atoms. The molecule has 0 bridgehead atoms. The van der Waals surface area contributed by atoms with Crippen LogP contribution in [0.5, 0.6) is 0 Å². The van der Waals surface area contributed by atoms with Gasteiger partial charge in [0.05, 0.1) is 24.0 Å². The van der Waals surface area contributed by atoms with E-state index in [1.54, 1.807) is 24.3 Å². The van der Waals surface area contributed by atoms with Gasteiger partial charge in [-0.15, -0.1) is 0 Å². The van der Waals surface area contributed by atoms with Gasteiger partial charge in [0.15, 0.2) is 0 Å². The zero-order chi connectivity index (χ0) is 20.8. The van der Waals surface area contributed by atoms with Crippen molar-refractivity contribution >= 4 is 16.7 Å². The Bertz CT molecular complexity index is 942. The number of nitrogens with zero attached hydrogens (tertiary/aromatic N) is 2. The highest BCUT2D eigenvalue weighted by Gasteiger charge is 2.27. The van der Waals surface area contributed by atoms with E-state index in [1.807, 2.05) is 0 Å². The van der Waals surface area contributed by atoms with Crippen LogP contribution in [0.3, 0.4) is 0 Å². The Labute approximate surface area is 169 Å². The molecule has 8 heteroatoms. The number of amides is 1. The third-order valence-electron chi connectivity index (χ3n) is 5.80. The number of morpholine rings is 1. The average molecular weight is 402 g/mol. The summed E-state index contributed by atoms with van der Waals surface area (Å²) in [5.74, 6) is 0.179. The Hall–Kier alpha value is -2.45. The van der Waals surface area contributed by atoms with Crippen LogP contribution in [-0.2, 0) is 16.1 Å². The van der Waals surface area contributed by atoms with Gasteiger partial charge in [-0.1, -0.05) is 38.8 Å². The summed E-state index contributed by atoms with van der Waals surface area (Å²) in [7, 11) is 0. The molecule has 2 heterocycles. The topological polar surface area (TPSA) is 96.4 Å². The summed E-state index contributed by atoms with van der Waals surface area (Å²) in [6.07, 6.45) is 2.07. The van der Waals surface area contributed by atoms with Crippen LogP contribution >= 0.6 is 0 Å². The highest BCUT2D eigenvalue weighted by Crippen LogP contribution is 2.19. The maximum Gasteiger partial charge on any atom is 0.273 e. The molecule has 158 valence electrons. The second-order valence-electron chi connectivity index (χ2n) is 7.47. The number of H-pyrrole nitrogens is 1. The van der Waals surface area contributed by atoms with Crippen molar-refractivity contribution in [2.45, 2.75) is 39.3 Å². The van der Waals surface area contributed by atoms with Crippen LogP contribution < -0.4 is 16.4 Å². The molecule has 3 rings (SSSR count). The van der Waals surface area contributed by atoms with Crippen molar-refractivity contribution in [3.8, 4) is 0 Å². The predicted octanol–water partition coefficient (Wildman–Crippen LogP) is 0.943. The number of benzene rings is 1. The first-order valence-electron chi connectivity index (χ1n) is 10.4. The van der Waals surface area contributed by atoms with E-state index in [9.17, 15) is 14.4 Å². The van der Waals surface area contributed by atoms with Gasteiger partial charge in [0.2, 0.25) is 5.91 Å². The second-order valence-corrected chi connectivity index (χ2v) is 7.47. The fraction of sp³-hybridized carbons (Fsp3) is 0.571. The van der Waals surface area contributed by atoms with Crippen molar-refractivity contribution in [1.29, 1.82) is 0 Å². The van der Waals surface area contributed by atoms with E-state index < -0.39 is 0 Å². The van der Waals surface area contributed by atoms with E-state index in [0.29, 0.717) is 36.4 Å². The van der Waals surface area contributed by atoms with Crippen LogP contribution in [0.1, 0.15) is 26.7 Å². The van der Waals surface area contributed by atoms with Gasteiger partial charge in [-0.05, 0) is 18.1 Å². The number of carbonyl (C=O) groups is 1. The lowest BCUT2D eigenvalue weighted by Crippen LogP contribution is -2.52. The van der Waals surface area contributed by atoms with Crippen molar-refractivity contribution < 1.29 is 9.53 Å². The second kappa shape index (κ2) is 9.84. The SMILES string of the molecule is CCC(CC)C(CNC(=O)Cn1[nH]c(=O)c2ccccc2c1=O)N1CCOCC1. The number of rotatable bonds is 8. The molecule has 0 aliphatic carbocycles. The van der Waals surface area contributed by atoms with Crippen molar-refractivity contribution in [1.82, 2.24) is 20.0 Å². The monoisotopic (exact) mass is 402 g/mol. The Kier molecular flexibility index (Phi) is 7.22. The van der Waals surface area contributed by atoms with E-state index in [-0.39, 0.29) is 29.6 Å². The standard InChI is InChI=1S/C21H30N4O4/c1-3-15(4-2)18(24-9-11-29-12-10-24)13-22-19(26)14-25-21(28)17-8-6-5-7-16(17)20(27)23-25/h5-8,15,18H,3-4,9-14H2,1-2H3,(H,22,26)(H,23,27). The molecule has 0 spiro atoms. The van der Waals surface area contributed by atoms with Crippen LogP contribution in [0, 0.1) is 5.92 Å². The van der Waals surface area contributed by atoms with Gasteiger partial charge in [-0.3, -0.25) is 24.4 Å². The molecule has 1 aliphatic rings. The Balaban J connectivity index is 1.71. The van der Waals surface area contributed by atoms with Crippen molar-refractivity contribution in [3.63, 3.8) is 0 Å². The summed E-state index contributed by atoms with van der Waals surface area (Å²) in [6, 6.07) is 6.84. The van der Waals surface area contributed by atoms with Crippen LogP contribution in [0.25, 0.3) is 10.8 Å². The minimum absolute atomic E-state index is 0.211. The molecule has 0 saturated carbocycles. The lowest BCUT2D eigenvalue weighted by atomic mass is 9.92. The lowest BCUT2D eigenvalue weighted by molar-refractivity contribution is -0.122. The molecule has 1 fully saturated rings. The Morgan fingerprint density at radius 3 is 2.45 bits per heavy atom. The Morgan fingerprint density at radius 2 is 1.79 bits per heavy atom.